The number of nitrogens with two attached hydrogens (primary N) is 1. The lowest BCUT2D eigenvalue weighted by Gasteiger charge is -2.26. The maximum Gasteiger partial charge on any atom is 0.307 e. The van der Waals surface area contributed by atoms with Crippen molar-refractivity contribution in [2.75, 3.05) is 6.61 Å². The molecule has 2 N–H and O–H groups in total. The van der Waals surface area contributed by atoms with Gasteiger partial charge in [-0.05, 0) is 25.7 Å². The maximum atomic E-state index is 11.2. The normalized spacial score (nSPS) is 19.1. The number of hydrogen-bond acceptors (Lipinski definition) is 3. The summed E-state index contributed by atoms with van der Waals surface area (Å²) < 4.78 is 4.88. The van der Waals surface area contributed by atoms with Gasteiger partial charge in [0.2, 0.25) is 0 Å². The lowest BCUT2D eigenvalue weighted by atomic mass is 9.83. The number of halogens is 1. The van der Waals surface area contributed by atoms with Crippen molar-refractivity contribution in [1.29, 1.82) is 0 Å². The zero-order valence-corrected chi connectivity index (χ0v) is 10.2. The molecule has 1 aliphatic rings. The van der Waals surface area contributed by atoms with E-state index in [1.807, 2.05) is 6.92 Å². The van der Waals surface area contributed by atoms with Crippen LogP contribution in [0.5, 0.6) is 0 Å². The van der Waals surface area contributed by atoms with Crippen LogP contribution in [0.3, 0.4) is 0 Å². The highest BCUT2D eigenvalue weighted by atomic mass is 35.5. The third kappa shape index (κ3) is 5.38. The number of ether oxygens (including phenoxy) is 1. The Labute approximate surface area is 98.2 Å². The predicted octanol–water partition coefficient (Wildman–Crippen LogP) is 2.27. The standard InChI is InChI=1S/C11H21NO2.ClH/c1-2-14-11(13)8-10(12)9-6-4-3-5-7-9;/h9-10H,2-8,12H2,1H3;1H. The molecule has 15 heavy (non-hydrogen) atoms. The molecule has 0 aromatic rings. The summed E-state index contributed by atoms with van der Waals surface area (Å²) in [5.74, 6) is 0.388. The van der Waals surface area contributed by atoms with Gasteiger partial charge in [-0.3, -0.25) is 4.79 Å². The van der Waals surface area contributed by atoms with Crippen molar-refractivity contribution in [3.8, 4) is 0 Å². The fraction of sp³-hybridized carbons (Fsp3) is 0.909. The van der Waals surface area contributed by atoms with Crippen LogP contribution in [0, 0.1) is 5.92 Å². The first-order valence-corrected chi connectivity index (χ1v) is 5.65. The van der Waals surface area contributed by atoms with Gasteiger partial charge in [0.15, 0.2) is 0 Å². The van der Waals surface area contributed by atoms with Gasteiger partial charge in [-0.1, -0.05) is 19.3 Å². The third-order valence-electron chi connectivity index (χ3n) is 2.96. The summed E-state index contributed by atoms with van der Waals surface area (Å²) in [6.07, 6.45) is 6.60. The first-order chi connectivity index (χ1) is 6.74. The van der Waals surface area contributed by atoms with Crippen LogP contribution in [0.1, 0.15) is 45.4 Å². The Morgan fingerprint density at radius 2 is 2.00 bits per heavy atom. The van der Waals surface area contributed by atoms with Gasteiger partial charge in [0.1, 0.15) is 0 Å². The summed E-state index contributed by atoms with van der Waals surface area (Å²) in [5, 5.41) is 0. The fourth-order valence-electron chi connectivity index (χ4n) is 2.14. The Kier molecular flexibility index (Phi) is 7.79. The molecule has 90 valence electrons. The Morgan fingerprint density at radius 3 is 2.53 bits per heavy atom. The van der Waals surface area contributed by atoms with Crippen LogP contribution in [0.15, 0.2) is 0 Å². The molecule has 1 rings (SSSR count). The molecule has 0 amide bonds. The van der Waals surface area contributed by atoms with E-state index in [0.717, 1.165) is 0 Å². The first kappa shape index (κ1) is 14.7. The van der Waals surface area contributed by atoms with Crippen LogP contribution in [-0.4, -0.2) is 18.6 Å². The molecule has 1 fully saturated rings. The van der Waals surface area contributed by atoms with Crippen LogP contribution in [0.4, 0.5) is 0 Å². The van der Waals surface area contributed by atoms with Crippen molar-refractivity contribution >= 4 is 18.4 Å². The number of esters is 1. The van der Waals surface area contributed by atoms with Gasteiger partial charge in [0.25, 0.3) is 0 Å². The molecule has 1 unspecified atom stereocenters. The fourth-order valence-corrected chi connectivity index (χ4v) is 2.14. The van der Waals surface area contributed by atoms with E-state index in [2.05, 4.69) is 0 Å². The summed E-state index contributed by atoms with van der Waals surface area (Å²) in [4.78, 5) is 11.2. The van der Waals surface area contributed by atoms with E-state index in [1.54, 1.807) is 0 Å². The monoisotopic (exact) mass is 235 g/mol. The molecule has 0 saturated heterocycles. The minimum absolute atomic E-state index is 0. The molecule has 0 bridgehead atoms. The maximum absolute atomic E-state index is 11.2. The van der Waals surface area contributed by atoms with Crippen molar-refractivity contribution < 1.29 is 9.53 Å². The minimum atomic E-state index is -0.148. The van der Waals surface area contributed by atoms with E-state index in [4.69, 9.17) is 10.5 Å². The lowest BCUT2D eigenvalue weighted by molar-refractivity contribution is -0.143. The van der Waals surface area contributed by atoms with E-state index in [1.165, 1.54) is 32.1 Å². The van der Waals surface area contributed by atoms with Crippen molar-refractivity contribution in [2.45, 2.75) is 51.5 Å². The molecule has 1 atom stereocenters. The van der Waals surface area contributed by atoms with Crippen molar-refractivity contribution in [3.63, 3.8) is 0 Å². The largest absolute Gasteiger partial charge is 0.466 e. The molecule has 0 spiro atoms. The Morgan fingerprint density at radius 1 is 1.40 bits per heavy atom. The van der Waals surface area contributed by atoms with Gasteiger partial charge in [-0.15, -0.1) is 12.4 Å². The summed E-state index contributed by atoms with van der Waals surface area (Å²) in [6, 6.07) is 0.00866. The highest BCUT2D eigenvalue weighted by Crippen LogP contribution is 2.26. The third-order valence-corrected chi connectivity index (χ3v) is 2.96. The van der Waals surface area contributed by atoms with Gasteiger partial charge >= 0.3 is 5.97 Å². The molecule has 0 radical (unpaired) electrons. The number of rotatable bonds is 4. The summed E-state index contributed by atoms with van der Waals surface area (Å²) in [6.45, 7) is 2.28. The van der Waals surface area contributed by atoms with Crippen molar-refractivity contribution in [2.24, 2.45) is 11.7 Å². The summed E-state index contributed by atoms with van der Waals surface area (Å²) in [5.41, 5.74) is 5.98. The van der Waals surface area contributed by atoms with Crippen LogP contribution in [-0.2, 0) is 9.53 Å². The zero-order chi connectivity index (χ0) is 10.4. The van der Waals surface area contributed by atoms with Gasteiger partial charge in [0.05, 0.1) is 13.0 Å². The molecule has 1 saturated carbocycles. The van der Waals surface area contributed by atoms with Crippen molar-refractivity contribution in [1.82, 2.24) is 0 Å². The average Bonchev–Trinajstić information content (AvgIpc) is 2.19. The molecule has 1 aliphatic carbocycles. The highest BCUT2D eigenvalue weighted by Gasteiger charge is 2.22. The van der Waals surface area contributed by atoms with E-state index in [0.29, 0.717) is 18.9 Å². The van der Waals surface area contributed by atoms with Gasteiger partial charge < -0.3 is 10.5 Å². The first-order valence-electron chi connectivity index (χ1n) is 5.65. The van der Waals surface area contributed by atoms with Gasteiger partial charge in [-0.25, -0.2) is 0 Å². The van der Waals surface area contributed by atoms with Crippen LogP contribution in [0.2, 0.25) is 0 Å². The minimum Gasteiger partial charge on any atom is -0.466 e. The Hall–Kier alpha value is -0.280. The van der Waals surface area contributed by atoms with E-state index >= 15 is 0 Å². The average molecular weight is 236 g/mol. The molecule has 4 heteroatoms. The molecule has 0 heterocycles. The van der Waals surface area contributed by atoms with Gasteiger partial charge in [-0.2, -0.15) is 0 Å². The molecular weight excluding hydrogens is 214 g/mol. The van der Waals surface area contributed by atoms with E-state index < -0.39 is 0 Å². The Balaban J connectivity index is 0.00000196. The second-order valence-electron chi connectivity index (χ2n) is 4.07. The van der Waals surface area contributed by atoms with E-state index in [9.17, 15) is 4.79 Å². The summed E-state index contributed by atoms with van der Waals surface area (Å²) >= 11 is 0. The molecular formula is C11H22ClNO2. The lowest BCUT2D eigenvalue weighted by Crippen LogP contribution is -2.34. The Bertz CT molecular complexity index is 181. The number of hydrogen-bond donors (Lipinski definition) is 1. The van der Waals surface area contributed by atoms with Crippen molar-refractivity contribution in [3.05, 3.63) is 0 Å². The quantitative estimate of drug-likeness (QED) is 0.761. The topological polar surface area (TPSA) is 52.3 Å². The number of carbonyl (C=O) groups is 1. The van der Waals surface area contributed by atoms with E-state index in [-0.39, 0.29) is 24.4 Å². The van der Waals surface area contributed by atoms with Crippen LogP contribution in [0.25, 0.3) is 0 Å². The summed E-state index contributed by atoms with van der Waals surface area (Å²) in [7, 11) is 0. The molecule has 0 aromatic carbocycles. The smallest absolute Gasteiger partial charge is 0.307 e. The van der Waals surface area contributed by atoms with Crippen LogP contribution < -0.4 is 5.73 Å². The molecule has 0 aromatic heterocycles. The molecule has 3 nitrogen and oxygen atoms in total. The predicted molar refractivity (Wildman–Crippen MR) is 63.0 cm³/mol. The molecule has 0 aliphatic heterocycles. The second-order valence-corrected chi connectivity index (χ2v) is 4.07. The zero-order valence-electron chi connectivity index (χ0n) is 9.41. The highest BCUT2D eigenvalue weighted by molar-refractivity contribution is 5.85. The van der Waals surface area contributed by atoms with Gasteiger partial charge in [0, 0.05) is 6.04 Å². The second kappa shape index (κ2) is 7.94. The van der Waals surface area contributed by atoms with Crippen LogP contribution >= 0.6 is 12.4 Å². The number of carbonyl (C=O) groups excluding carboxylic acids is 1. The SMILES string of the molecule is CCOC(=O)CC(N)C1CCCCC1.Cl.